The van der Waals surface area contributed by atoms with E-state index in [9.17, 15) is 9.59 Å². The largest absolute Gasteiger partial charge is 0.352 e. The van der Waals surface area contributed by atoms with Gasteiger partial charge in [-0.1, -0.05) is 78.9 Å². The number of benzene rings is 2. The van der Waals surface area contributed by atoms with E-state index >= 15 is 0 Å². The van der Waals surface area contributed by atoms with Gasteiger partial charge in [0.25, 0.3) is 0 Å². The number of hydrogen-bond donors (Lipinski definition) is 1. The molecule has 1 aliphatic carbocycles. The molecule has 2 aromatic rings. The molecule has 0 unspecified atom stereocenters. The molecule has 2 amide bonds. The Bertz CT molecular complexity index is 904. The molecule has 3 rings (SSSR count). The summed E-state index contributed by atoms with van der Waals surface area (Å²) in [6.07, 6.45) is 5.57. The molecular weight excluding hydrogens is 463 g/mol. The van der Waals surface area contributed by atoms with E-state index in [0.29, 0.717) is 22.3 Å². The Labute approximate surface area is 205 Å². The zero-order valence-electron chi connectivity index (χ0n) is 18.4. The van der Waals surface area contributed by atoms with Crippen molar-refractivity contribution in [3.05, 3.63) is 69.7 Å². The van der Waals surface area contributed by atoms with Gasteiger partial charge in [-0.05, 0) is 43.0 Å². The van der Waals surface area contributed by atoms with E-state index < -0.39 is 6.04 Å². The van der Waals surface area contributed by atoms with Gasteiger partial charge >= 0.3 is 0 Å². The summed E-state index contributed by atoms with van der Waals surface area (Å²) >= 11 is 13.6. The summed E-state index contributed by atoms with van der Waals surface area (Å²) < 4.78 is 0. The van der Waals surface area contributed by atoms with Gasteiger partial charge in [-0.25, -0.2) is 0 Å². The van der Waals surface area contributed by atoms with E-state index in [1.54, 1.807) is 11.0 Å². The van der Waals surface area contributed by atoms with Crippen molar-refractivity contribution in [1.29, 1.82) is 0 Å². The van der Waals surface area contributed by atoms with E-state index in [2.05, 4.69) is 5.32 Å². The Hall–Kier alpha value is -1.69. The molecule has 0 radical (unpaired) electrons. The molecule has 0 spiro atoms. The minimum Gasteiger partial charge on any atom is -0.352 e. The third kappa shape index (κ3) is 7.43. The van der Waals surface area contributed by atoms with Crippen LogP contribution in [0, 0.1) is 0 Å². The molecule has 32 heavy (non-hydrogen) atoms. The number of halogens is 2. The number of rotatable bonds is 9. The van der Waals surface area contributed by atoms with Gasteiger partial charge in [0.2, 0.25) is 11.8 Å². The van der Waals surface area contributed by atoms with Crippen LogP contribution in [0.25, 0.3) is 0 Å². The molecule has 0 aromatic heterocycles. The van der Waals surface area contributed by atoms with Crippen molar-refractivity contribution >= 4 is 46.8 Å². The molecule has 0 heterocycles. The van der Waals surface area contributed by atoms with E-state index in [0.717, 1.165) is 36.8 Å². The van der Waals surface area contributed by atoms with E-state index in [1.807, 2.05) is 49.4 Å². The molecule has 2 aromatic carbocycles. The third-order valence-corrected chi connectivity index (χ3v) is 7.52. The zero-order valence-corrected chi connectivity index (χ0v) is 20.7. The molecule has 1 saturated carbocycles. The smallest absolute Gasteiger partial charge is 0.242 e. The summed E-state index contributed by atoms with van der Waals surface area (Å²) in [5.74, 6) is 0.805. The first kappa shape index (κ1) is 24.9. The normalized spacial score (nSPS) is 15.2. The van der Waals surface area contributed by atoms with Crippen LogP contribution in [0.1, 0.15) is 50.2 Å². The monoisotopic (exact) mass is 492 g/mol. The second kappa shape index (κ2) is 12.5. The van der Waals surface area contributed by atoms with Crippen molar-refractivity contribution in [3.63, 3.8) is 0 Å². The number of carbonyl (C=O) groups is 2. The molecule has 7 heteroatoms. The highest BCUT2D eigenvalue weighted by Crippen LogP contribution is 2.25. The molecule has 172 valence electrons. The minimum absolute atomic E-state index is 0.0507. The molecule has 1 fully saturated rings. The second-order valence-electron chi connectivity index (χ2n) is 8.27. The van der Waals surface area contributed by atoms with Crippen molar-refractivity contribution in [3.8, 4) is 0 Å². The SMILES string of the molecule is C[C@H](C(=O)NC1CCCCC1)N(Cc1ccccc1)C(=O)CSCc1ccc(Cl)c(Cl)c1. The predicted molar refractivity (Wildman–Crippen MR) is 134 cm³/mol. The first-order chi connectivity index (χ1) is 15.4. The highest BCUT2D eigenvalue weighted by Gasteiger charge is 2.28. The molecule has 1 aliphatic rings. The van der Waals surface area contributed by atoms with Crippen LogP contribution < -0.4 is 5.32 Å². The fourth-order valence-corrected chi connectivity index (χ4v) is 5.08. The predicted octanol–water partition coefficient (Wildman–Crippen LogP) is 6.09. The molecule has 1 N–H and O–H groups in total. The van der Waals surface area contributed by atoms with Gasteiger partial charge in [-0.15, -0.1) is 11.8 Å². The zero-order chi connectivity index (χ0) is 22.9. The lowest BCUT2D eigenvalue weighted by Gasteiger charge is -2.31. The quantitative estimate of drug-likeness (QED) is 0.460. The highest BCUT2D eigenvalue weighted by molar-refractivity contribution is 7.99. The summed E-state index contributed by atoms with van der Waals surface area (Å²) in [6.45, 7) is 2.23. The van der Waals surface area contributed by atoms with Crippen molar-refractivity contribution in [2.75, 3.05) is 5.75 Å². The molecule has 0 bridgehead atoms. The fourth-order valence-electron chi connectivity index (χ4n) is 3.90. The molecule has 0 aliphatic heterocycles. The Morgan fingerprint density at radius 1 is 1.03 bits per heavy atom. The van der Waals surface area contributed by atoms with Gasteiger partial charge < -0.3 is 10.2 Å². The highest BCUT2D eigenvalue weighted by atomic mass is 35.5. The Balaban J connectivity index is 1.63. The summed E-state index contributed by atoms with van der Waals surface area (Å²) in [5.41, 5.74) is 2.02. The van der Waals surface area contributed by atoms with Gasteiger partial charge in [0, 0.05) is 18.3 Å². The van der Waals surface area contributed by atoms with Crippen LogP contribution in [0.15, 0.2) is 48.5 Å². The van der Waals surface area contributed by atoms with Crippen LogP contribution >= 0.6 is 35.0 Å². The summed E-state index contributed by atoms with van der Waals surface area (Å²) in [4.78, 5) is 27.8. The number of hydrogen-bond acceptors (Lipinski definition) is 3. The second-order valence-corrected chi connectivity index (χ2v) is 10.1. The number of carbonyl (C=O) groups excluding carboxylic acids is 2. The van der Waals surface area contributed by atoms with Gasteiger partial charge in [-0.3, -0.25) is 9.59 Å². The Morgan fingerprint density at radius 3 is 2.44 bits per heavy atom. The minimum atomic E-state index is -0.532. The van der Waals surface area contributed by atoms with Gasteiger partial charge in [0.15, 0.2) is 0 Å². The first-order valence-electron chi connectivity index (χ1n) is 11.1. The summed E-state index contributed by atoms with van der Waals surface area (Å²) in [5, 5.41) is 4.19. The lowest BCUT2D eigenvalue weighted by atomic mass is 9.95. The lowest BCUT2D eigenvalue weighted by Crippen LogP contribution is -2.50. The topological polar surface area (TPSA) is 49.4 Å². The molecular formula is C25H30Cl2N2O2S. The molecule has 0 saturated heterocycles. The number of nitrogens with zero attached hydrogens (tertiary/aromatic N) is 1. The van der Waals surface area contributed by atoms with Crippen LogP contribution in [0.4, 0.5) is 0 Å². The van der Waals surface area contributed by atoms with Crippen molar-refractivity contribution in [1.82, 2.24) is 10.2 Å². The van der Waals surface area contributed by atoms with Gasteiger partial charge in [0.1, 0.15) is 6.04 Å². The van der Waals surface area contributed by atoms with Crippen molar-refractivity contribution < 1.29 is 9.59 Å². The van der Waals surface area contributed by atoms with Gasteiger partial charge in [0.05, 0.1) is 15.8 Å². The van der Waals surface area contributed by atoms with Crippen LogP contribution in [-0.2, 0) is 21.9 Å². The van der Waals surface area contributed by atoms with E-state index in [4.69, 9.17) is 23.2 Å². The standard InChI is InChI=1S/C25H30Cl2N2O2S/c1-18(25(31)28-21-10-6-3-7-11-21)29(15-19-8-4-2-5-9-19)24(30)17-32-16-20-12-13-22(26)23(27)14-20/h2,4-5,8-9,12-14,18,21H,3,6-7,10-11,15-17H2,1H3,(H,28,31)/t18-/m1/s1. The molecule has 1 atom stereocenters. The lowest BCUT2D eigenvalue weighted by molar-refractivity contribution is -0.139. The average Bonchev–Trinajstić information content (AvgIpc) is 2.80. The van der Waals surface area contributed by atoms with Crippen LogP contribution in [0.5, 0.6) is 0 Å². The number of thioether (sulfide) groups is 1. The van der Waals surface area contributed by atoms with Crippen molar-refractivity contribution in [2.45, 2.75) is 63.4 Å². The average molecular weight is 494 g/mol. The fraction of sp³-hybridized carbons (Fsp3) is 0.440. The summed E-state index contributed by atoms with van der Waals surface area (Å²) in [7, 11) is 0. The Morgan fingerprint density at radius 2 is 1.75 bits per heavy atom. The maximum absolute atomic E-state index is 13.2. The van der Waals surface area contributed by atoms with Crippen LogP contribution in [-0.4, -0.2) is 34.6 Å². The summed E-state index contributed by atoms with van der Waals surface area (Å²) in [6, 6.07) is 15.0. The van der Waals surface area contributed by atoms with Crippen LogP contribution in [0.2, 0.25) is 10.0 Å². The van der Waals surface area contributed by atoms with Gasteiger partial charge in [-0.2, -0.15) is 0 Å². The van der Waals surface area contributed by atoms with Crippen LogP contribution in [0.3, 0.4) is 0 Å². The molecule has 4 nitrogen and oxygen atoms in total. The van der Waals surface area contributed by atoms with E-state index in [1.165, 1.54) is 18.2 Å². The third-order valence-electron chi connectivity index (χ3n) is 5.79. The number of nitrogens with one attached hydrogen (secondary N) is 1. The first-order valence-corrected chi connectivity index (χ1v) is 13.0. The maximum atomic E-state index is 13.2. The number of amides is 2. The van der Waals surface area contributed by atoms with E-state index in [-0.39, 0.29) is 23.6 Å². The Kier molecular flexibility index (Phi) is 9.76. The maximum Gasteiger partial charge on any atom is 0.242 e. The van der Waals surface area contributed by atoms with Crippen molar-refractivity contribution in [2.24, 2.45) is 0 Å².